The van der Waals surface area contributed by atoms with Crippen LogP contribution in [0.3, 0.4) is 0 Å². The van der Waals surface area contributed by atoms with Gasteiger partial charge in [-0.3, -0.25) is 10.1 Å². The number of carbonyl (C=O) groups is 1. The summed E-state index contributed by atoms with van der Waals surface area (Å²) >= 11 is 1.48. The number of nitrogens with zero attached hydrogens (tertiary/aromatic N) is 3. The predicted octanol–water partition coefficient (Wildman–Crippen LogP) is 2.56. The van der Waals surface area contributed by atoms with Gasteiger partial charge in [0, 0.05) is 5.92 Å². The maximum absolute atomic E-state index is 11.8. The van der Waals surface area contributed by atoms with E-state index in [-0.39, 0.29) is 5.91 Å². The summed E-state index contributed by atoms with van der Waals surface area (Å²) in [6, 6.07) is 0. The lowest BCUT2D eigenvalue weighted by molar-refractivity contribution is 0.102. The van der Waals surface area contributed by atoms with Crippen molar-refractivity contribution in [3.8, 4) is 0 Å². The van der Waals surface area contributed by atoms with Crippen molar-refractivity contribution in [1.82, 2.24) is 20.2 Å². The van der Waals surface area contributed by atoms with E-state index in [0.29, 0.717) is 16.7 Å². The van der Waals surface area contributed by atoms with E-state index < -0.39 is 0 Å². The molecule has 2 aromatic heterocycles. The highest BCUT2D eigenvalue weighted by Gasteiger charge is 2.20. The molecule has 2 N–H and O–H groups in total. The Morgan fingerprint density at radius 2 is 2.16 bits per heavy atom. The first kappa shape index (κ1) is 12.3. The number of carbonyl (C=O) groups excluding carboxylic acids is 1. The lowest BCUT2D eigenvalue weighted by Crippen LogP contribution is -2.11. The van der Waals surface area contributed by atoms with Crippen molar-refractivity contribution in [2.75, 3.05) is 5.32 Å². The molecule has 0 spiro atoms. The molecule has 3 rings (SSSR count). The zero-order chi connectivity index (χ0) is 13.1. The number of hydrogen-bond acceptors (Lipinski definition) is 5. The van der Waals surface area contributed by atoms with Crippen LogP contribution in [0, 0.1) is 0 Å². The third kappa shape index (κ3) is 2.81. The Bertz CT molecular complexity index is 544. The third-order valence-electron chi connectivity index (χ3n) is 3.36. The van der Waals surface area contributed by atoms with Crippen LogP contribution >= 0.6 is 11.3 Å². The molecule has 1 fully saturated rings. The van der Waals surface area contributed by atoms with Crippen molar-refractivity contribution in [3.05, 3.63) is 23.2 Å². The zero-order valence-corrected chi connectivity index (χ0v) is 11.2. The van der Waals surface area contributed by atoms with Crippen LogP contribution in [0.15, 0.2) is 12.5 Å². The van der Waals surface area contributed by atoms with Crippen molar-refractivity contribution >= 4 is 22.4 Å². The minimum absolute atomic E-state index is 0.233. The summed E-state index contributed by atoms with van der Waals surface area (Å²) in [6.45, 7) is 0. The Labute approximate surface area is 114 Å². The molecule has 2 aromatic rings. The molecule has 0 bridgehead atoms. The first-order chi connectivity index (χ1) is 9.33. The number of hydrogen-bond donors (Lipinski definition) is 2. The first-order valence-electron chi connectivity index (χ1n) is 6.46. The molecule has 7 heteroatoms. The Hall–Kier alpha value is -1.76. The summed E-state index contributed by atoms with van der Waals surface area (Å²) in [6.07, 6.45) is 9.17. The Balaban J connectivity index is 1.66. The van der Waals surface area contributed by atoms with Crippen molar-refractivity contribution in [2.24, 2.45) is 0 Å². The van der Waals surface area contributed by atoms with Crippen LogP contribution in [0.5, 0.6) is 0 Å². The van der Waals surface area contributed by atoms with E-state index in [0.717, 1.165) is 5.01 Å². The largest absolute Gasteiger partial charge is 0.341 e. The van der Waals surface area contributed by atoms with E-state index in [1.165, 1.54) is 56.0 Å². The highest BCUT2D eigenvalue weighted by Crippen LogP contribution is 2.35. The fourth-order valence-corrected chi connectivity index (χ4v) is 3.25. The maximum Gasteiger partial charge on any atom is 0.275 e. The molecule has 0 saturated heterocycles. The highest BCUT2D eigenvalue weighted by atomic mass is 32.1. The van der Waals surface area contributed by atoms with Crippen molar-refractivity contribution in [3.63, 3.8) is 0 Å². The van der Waals surface area contributed by atoms with Crippen LogP contribution in [0.25, 0.3) is 0 Å². The maximum atomic E-state index is 11.8. The first-order valence-corrected chi connectivity index (χ1v) is 7.28. The van der Waals surface area contributed by atoms with Gasteiger partial charge in [-0.15, -0.1) is 10.2 Å². The Morgan fingerprint density at radius 1 is 1.32 bits per heavy atom. The van der Waals surface area contributed by atoms with Gasteiger partial charge in [-0.2, -0.15) is 0 Å². The second kappa shape index (κ2) is 5.48. The predicted molar refractivity (Wildman–Crippen MR) is 72.3 cm³/mol. The van der Waals surface area contributed by atoms with Gasteiger partial charge in [0.15, 0.2) is 0 Å². The van der Waals surface area contributed by atoms with Gasteiger partial charge in [0.05, 0.1) is 12.5 Å². The van der Waals surface area contributed by atoms with Crippen molar-refractivity contribution < 1.29 is 4.79 Å². The van der Waals surface area contributed by atoms with E-state index in [1.807, 2.05) is 0 Å². The molecule has 6 nitrogen and oxygen atoms in total. The van der Waals surface area contributed by atoms with E-state index in [1.54, 1.807) is 0 Å². The number of H-pyrrole nitrogens is 1. The molecule has 0 radical (unpaired) electrons. The number of amides is 1. The molecule has 0 aliphatic heterocycles. The van der Waals surface area contributed by atoms with Gasteiger partial charge >= 0.3 is 0 Å². The monoisotopic (exact) mass is 277 g/mol. The molecule has 0 unspecified atom stereocenters. The topological polar surface area (TPSA) is 83.6 Å². The summed E-state index contributed by atoms with van der Waals surface area (Å²) in [5.41, 5.74) is 0.425. The number of rotatable bonds is 3. The molecular weight excluding hydrogens is 262 g/mol. The summed E-state index contributed by atoms with van der Waals surface area (Å²) in [4.78, 5) is 18.4. The lowest BCUT2D eigenvalue weighted by Gasteiger charge is -2.18. The van der Waals surface area contributed by atoms with Crippen LogP contribution in [0.2, 0.25) is 0 Å². The van der Waals surface area contributed by atoms with E-state index in [2.05, 4.69) is 25.5 Å². The van der Waals surface area contributed by atoms with E-state index in [4.69, 9.17) is 0 Å². The zero-order valence-electron chi connectivity index (χ0n) is 10.4. The average molecular weight is 277 g/mol. The Kier molecular flexibility index (Phi) is 3.54. The number of imidazole rings is 1. The summed E-state index contributed by atoms with van der Waals surface area (Å²) < 4.78 is 0. The minimum Gasteiger partial charge on any atom is -0.341 e. The summed E-state index contributed by atoms with van der Waals surface area (Å²) in [5.74, 6) is 0.285. The van der Waals surface area contributed by atoms with E-state index in [9.17, 15) is 4.79 Å². The molecular formula is C12H15N5OS. The second-order valence-corrected chi connectivity index (χ2v) is 5.71. The van der Waals surface area contributed by atoms with E-state index >= 15 is 0 Å². The lowest BCUT2D eigenvalue weighted by atomic mass is 9.90. The van der Waals surface area contributed by atoms with Crippen molar-refractivity contribution in [1.29, 1.82) is 0 Å². The van der Waals surface area contributed by atoms with Gasteiger partial charge < -0.3 is 4.98 Å². The van der Waals surface area contributed by atoms with Crippen molar-refractivity contribution in [2.45, 2.75) is 38.0 Å². The van der Waals surface area contributed by atoms with Crippen LogP contribution in [0.4, 0.5) is 5.13 Å². The SMILES string of the molecule is O=C(Nc1nnc(C2CCCCC2)s1)c1cnc[nH]1. The fraction of sp³-hybridized carbons (Fsp3) is 0.500. The molecule has 1 aliphatic carbocycles. The minimum atomic E-state index is -0.233. The van der Waals surface area contributed by atoms with Gasteiger partial charge in [0.1, 0.15) is 10.7 Å². The molecule has 0 aromatic carbocycles. The molecule has 19 heavy (non-hydrogen) atoms. The quantitative estimate of drug-likeness (QED) is 0.903. The molecule has 0 atom stereocenters. The fourth-order valence-electron chi connectivity index (χ4n) is 2.34. The van der Waals surface area contributed by atoms with Gasteiger partial charge in [0.2, 0.25) is 5.13 Å². The van der Waals surface area contributed by atoms with Gasteiger partial charge in [0.25, 0.3) is 5.91 Å². The second-order valence-electron chi connectivity index (χ2n) is 4.70. The number of aromatic nitrogens is 4. The molecule has 2 heterocycles. The van der Waals surface area contributed by atoms with Gasteiger partial charge in [-0.1, -0.05) is 30.6 Å². The normalized spacial score (nSPS) is 16.4. The van der Waals surface area contributed by atoms with Crippen LogP contribution < -0.4 is 5.32 Å². The smallest absolute Gasteiger partial charge is 0.275 e. The molecule has 1 saturated carbocycles. The highest BCUT2D eigenvalue weighted by molar-refractivity contribution is 7.15. The molecule has 1 aliphatic rings. The standard InChI is InChI=1S/C12H15N5OS/c18-10(9-6-13-7-14-9)15-12-17-16-11(19-12)8-4-2-1-3-5-8/h6-8H,1-5H2,(H,13,14)(H,15,17,18). The number of nitrogens with one attached hydrogen (secondary N) is 2. The van der Waals surface area contributed by atoms with Crippen LogP contribution in [0.1, 0.15) is 53.5 Å². The summed E-state index contributed by atoms with van der Waals surface area (Å²) in [5, 5.41) is 12.6. The Morgan fingerprint density at radius 3 is 2.89 bits per heavy atom. The molecule has 1 amide bonds. The number of aromatic amines is 1. The number of anilines is 1. The van der Waals surface area contributed by atoms with Gasteiger partial charge in [-0.05, 0) is 12.8 Å². The third-order valence-corrected chi connectivity index (χ3v) is 4.36. The van der Waals surface area contributed by atoms with Crippen LogP contribution in [-0.4, -0.2) is 26.1 Å². The van der Waals surface area contributed by atoms with Gasteiger partial charge in [-0.25, -0.2) is 4.98 Å². The summed E-state index contributed by atoms with van der Waals surface area (Å²) in [7, 11) is 0. The average Bonchev–Trinajstić information content (AvgIpc) is 3.11. The molecule has 100 valence electrons. The van der Waals surface area contributed by atoms with Crippen LogP contribution in [-0.2, 0) is 0 Å².